The predicted molar refractivity (Wildman–Crippen MR) is 72.0 cm³/mol. The average molecular weight is 320 g/mol. The van der Waals surface area contributed by atoms with Crippen molar-refractivity contribution >= 4 is 23.2 Å². The molecule has 1 aromatic rings. The van der Waals surface area contributed by atoms with Gasteiger partial charge in [0, 0.05) is 24.0 Å². The third-order valence-corrected chi connectivity index (χ3v) is 4.10. The maximum Gasteiger partial charge on any atom is 0.393 e. The summed E-state index contributed by atoms with van der Waals surface area (Å²) < 4.78 is 38.0. The van der Waals surface area contributed by atoms with Gasteiger partial charge in [-0.2, -0.15) is 24.5 Å². The number of carbonyl (C=O) groups is 2. The fourth-order valence-corrected chi connectivity index (χ4v) is 2.87. The van der Waals surface area contributed by atoms with Crippen molar-refractivity contribution in [3.05, 3.63) is 22.4 Å². The number of hydrogen-bond donors (Lipinski definition) is 1. The SMILES string of the molecule is O=C(NCC(=O)N1CCC[C@@H](C(F)(F)F)C1)c1ccsc1. The number of amides is 2. The molecule has 0 aromatic carbocycles. The lowest BCUT2D eigenvalue weighted by molar-refractivity contribution is -0.187. The summed E-state index contributed by atoms with van der Waals surface area (Å²) >= 11 is 1.35. The molecule has 0 aliphatic carbocycles. The van der Waals surface area contributed by atoms with Crippen molar-refractivity contribution in [2.24, 2.45) is 5.92 Å². The molecule has 1 saturated heterocycles. The van der Waals surface area contributed by atoms with Crippen LogP contribution >= 0.6 is 11.3 Å². The van der Waals surface area contributed by atoms with Gasteiger partial charge in [-0.15, -0.1) is 0 Å². The van der Waals surface area contributed by atoms with Crippen LogP contribution in [0.2, 0.25) is 0 Å². The van der Waals surface area contributed by atoms with Crippen molar-refractivity contribution in [1.82, 2.24) is 10.2 Å². The van der Waals surface area contributed by atoms with Gasteiger partial charge in [-0.05, 0) is 24.3 Å². The van der Waals surface area contributed by atoms with Gasteiger partial charge in [-0.25, -0.2) is 0 Å². The predicted octanol–water partition coefficient (Wildman–Crippen LogP) is 2.28. The van der Waals surface area contributed by atoms with E-state index < -0.39 is 23.9 Å². The lowest BCUT2D eigenvalue weighted by Gasteiger charge is -2.33. The van der Waals surface area contributed by atoms with Crippen LogP contribution in [-0.2, 0) is 4.79 Å². The van der Waals surface area contributed by atoms with E-state index in [1.54, 1.807) is 16.8 Å². The fraction of sp³-hybridized carbons (Fsp3) is 0.538. The molecule has 1 atom stereocenters. The first-order valence-corrected chi connectivity index (χ1v) is 7.47. The van der Waals surface area contributed by atoms with Gasteiger partial charge < -0.3 is 10.2 Å². The Balaban J connectivity index is 1.84. The molecule has 1 N–H and O–H groups in total. The summed E-state index contributed by atoms with van der Waals surface area (Å²) in [5.41, 5.74) is 0.444. The highest BCUT2D eigenvalue weighted by atomic mass is 32.1. The number of thiophene rings is 1. The molecule has 2 amide bonds. The Bertz CT molecular complexity index is 502. The molecule has 0 unspecified atom stereocenters. The molecular formula is C13H15F3N2O2S. The molecule has 8 heteroatoms. The Morgan fingerprint density at radius 3 is 2.81 bits per heavy atom. The highest BCUT2D eigenvalue weighted by molar-refractivity contribution is 7.08. The summed E-state index contributed by atoms with van der Waals surface area (Å²) in [6.07, 6.45) is -3.90. The zero-order chi connectivity index (χ0) is 15.5. The quantitative estimate of drug-likeness (QED) is 0.929. The summed E-state index contributed by atoms with van der Waals surface area (Å²) in [6.45, 7) is -0.296. The number of halogens is 3. The summed E-state index contributed by atoms with van der Waals surface area (Å²) in [5, 5.41) is 5.80. The minimum atomic E-state index is -4.28. The molecule has 1 aliphatic rings. The number of alkyl halides is 3. The number of likely N-dealkylation sites (tertiary alicyclic amines) is 1. The van der Waals surface area contributed by atoms with Crippen molar-refractivity contribution in [2.75, 3.05) is 19.6 Å². The topological polar surface area (TPSA) is 49.4 Å². The molecule has 1 aromatic heterocycles. The molecule has 21 heavy (non-hydrogen) atoms. The average Bonchev–Trinajstić information content (AvgIpc) is 2.98. The van der Waals surface area contributed by atoms with E-state index in [0.717, 1.165) is 0 Å². The standard InChI is InChI=1S/C13H15F3N2O2S/c14-13(15,16)10-2-1-4-18(7-10)11(19)6-17-12(20)9-3-5-21-8-9/h3,5,8,10H,1-2,4,6-7H2,(H,17,20)/t10-/m1/s1. The Morgan fingerprint density at radius 1 is 1.43 bits per heavy atom. The summed E-state index contributed by atoms with van der Waals surface area (Å²) in [6, 6.07) is 1.62. The van der Waals surface area contributed by atoms with Gasteiger partial charge >= 0.3 is 6.18 Å². The molecule has 0 spiro atoms. The molecule has 1 aliphatic heterocycles. The molecule has 2 rings (SSSR count). The molecule has 4 nitrogen and oxygen atoms in total. The Hall–Kier alpha value is -1.57. The highest BCUT2D eigenvalue weighted by Gasteiger charge is 2.42. The van der Waals surface area contributed by atoms with Crippen LogP contribution in [0.25, 0.3) is 0 Å². The molecule has 0 radical (unpaired) electrons. The van der Waals surface area contributed by atoms with Crippen LogP contribution < -0.4 is 5.32 Å². The van der Waals surface area contributed by atoms with E-state index in [9.17, 15) is 22.8 Å². The lowest BCUT2D eigenvalue weighted by Crippen LogP contribution is -2.47. The zero-order valence-electron chi connectivity index (χ0n) is 11.2. The minimum Gasteiger partial charge on any atom is -0.343 e. The normalized spacial score (nSPS) is 19.4. The van der Waals surface area contributed by atoms with Crippen LogP contribution in [0.15, 0.2) is 16.8 Å². The van der Waals surface area contributed by atoms with E-state index in [1.807, 2.05) is 0 Å². The van der Waals surface area contributed by atoms with Crippen molar-refractivity contribution in [3.63, 3.8) is 0 Å². The van der Waals surface area contributed by atoms with Crippen molar-refractivity contribution in [2.45, 2.75) is 19.0 Å². The molecule has 116 valence electrons. The third kappa shape index (κ3) is 4.20. The Morgan fingerprint density at radius 2 is 2.19 bits per heavy atom. The lowest BCUT2D eigenvalue weighted by atomic mass is 9.97. The van der Waals surface area contributed by atoms with E-state index in [-0.39, 0.29) is 19.5 Å². The van der Waals surface area contributed by atoms with Gasteiger partial charge in [0.1, 0.15) is 0 Å². The second-order valence-electron chi connectivity index (χ2n) is 4.92. The highest BCUT2D eigenvalue weighted by Crippen LogP contribution is 2.33. The first kappa shape index (κ1) is 15.8. The monoisotopic (exact) mass is 320 g/mol. The number of nitrogens with zero attached hydrogens (tertiary/aromatic N) is 1. The van der Waals surface area contributed by atoms with Crippen molar-refractivity contribution < 1.29 is 22.8 Å². The number of rotatable bonds is 3. The molecular weight excluding hydrogens is 305 g/mol. The Kier molecular flexibility index (Phi) is 4.87. The molecule has 2 heterocycles. The largest absolute Gasteiger partial charge is 0.393 e. The van der Waals surface area contributed by atoms with Gasteiger partial charge in [0.2, 0.25) is 5.91 Å². The van der Waals surface area contributed by atoms with E-state index in [2.05, 4.69) is 5.32 Å². The smallest absolute Gasteiger partial charge is 0.343 e. The van der Waals surface area contributed by atoms with Crippen LogP contribution in [-0.4, -0.2) is 42.5 Å². The maximum atomic E-state index is 12.7. The fourth-order valence-electron chi connectivity index (χ4n) is 2.23. The second-order valence-corrected chi connectivity index (χ2v) is 5.70. The van der Waals surface area contributed by atoms with Gasteiger partial charge in [-0.3, -0.25) is 9.59 Å². The number of hydrogen-bond acceptors (Lipinski definition) is 3. The molecule has 1 fully saturated rings. The van der Waals surface area contributed by atoms with Gasteiger partial charge in [-0.1, -0.05) is 0 Å². The Labute approximate surface area is 123 Å². The van der Waals surface area contributed by atoms with E-state index in [4.69, 9.17) is 0 Å². The maximum absolute atomic E-state index is 12.7. The summed E-state index contributed by atoms with van der Waals surface area (Å²) in [4.78, 5) is 24.7. The van der Waals surface area contributed by atoms with Crippen molar-refractivity contribution in [3.8, 4) is 0 Å². The van der Waals surface area contributed by atoms with Crippen LogP contribution in [0, 0.1) is 5.92 Å². The number of nitrogens with one attached hydrogen (secondary N) is 1. The first-order chi connectivity index (χ1) is 9.88. The van der Waals surface area contributed by atoms with Crippen LogP contribution in [0.3, 0.4) is 0 Å². The van der Waals surface area contributed by atoms with Crippen LogP contribution in [0.1, 0.15) is 23.2 Å². The van der Waals surface area contributed by atoms with Gasteiger partial charge in [0.05, 0.1) is 12.5 Å². The van der Waals surface area contributed by atoms with Crippen LogP contribution in [0.4, 0.5) is 13.2 Å². The number of piperidine rings is 1. The molecule has 0 bridgehead atoms. The zero-order valence-corrected chi connectivity index (χ0v) is 12.0. The first-order valence-electron chi connectivity index (χ1n) is 6.53. The number of carbonyl (C=O) groups excluding carboxylic acids is 2. The van der Waals surface area contributed by atoms with Gasteiger partial charge in [0.15, 0.2) is 0 Å². The minimum absolute atomic E-state index is 0.0501. The summed E-state index contributed by atoms with van der Waals surface area (Å²) in [5.74, 6) is -2.34. The molecule has 0 saturated carbocycles. The third-order valence-electron chi connectivity index (χ3n) is 3.42. The van der Waals surface area contributed by atoms with Crippen molar-refractivity contribution in [1.29, 1.82) is 0 Å². The van der Waals surface area contributed by atoms with Gasteiger partial charge in [0.25, 0.3) is 5.91 Å². The second kappa shape index (κ2) is 6.46. The van der Waals surface area contributed by atoms with E-state index in [1.165, 1.54) is 16.2 Å². The summed E-state index contributed by atoms with van der Waals surface area (Å²) in [7, 11) is 0. The van der Waals surface area contributed by atoms with E-state index in [0.29, 0.717) is 18.5 Å². The van der Waals surface area contributed by atoms with E-state index >= 15 is 0 Å². The van der Waals surface area contributed by atoms with Crippen LogP contribution in [0.5, 0.6) is 0 Å².